The van der Waals surface area contributed by atoms with Crippen LogP contribution in [0.15, 0.2) is 36.4 Å². The van der Waals surface area contributed by atoms with Gasteiger partial charge in [-0.3, -0.25) is 0 Å². The third-order valence-corrected chi connectivity index (χ3v) is 5.84. The quantitative estimate of drug-likeness (QED) is 0.382. The Morgan fingerprint density at radius 2 is 1.97 bits per heavy atom. The molecule has 0 aromatic heterocycles. The van der Waals surface area contributed by atoms with E-state index in [9.17, 15) is 14.0 Å². The first-order valence-electron chi connectivity index (χ1n) is 10.2. The Morgan fingerprint density at radius 1 is 1.16 bits per heavy atom. The molecule has 2 aliphatic heterocycles. The van der Waals surface area contributed by atoms with Crippen LogP contribution < -0.4 is 4.74 Å². The molecule has 0 aliphatic carbocycles. The highest BCUT2D eigenvalue weighted by Gasteiger charge is 2.51. The second-order valence-corrected chi connectivity index (χ2v) is 7.72. The van der Waals surface area contributed by atoms with E-state index in [0.29, 0.717) is 49.5 Å². The van der Waals surface area contributed by atoms with E-state index < -0.39 is 12.1 Å². The molecule has 2 aliphatic rings. The maximum atomic E-state index is 14.0. The Morgan fingerprint density at radius 3 is 2.65 bits per heavy atom. The zero-order valence-electron chi connectivity index (χ0n) is 17.6. The molecule has 0 saturated carbocycles. The zero-order valence-corrected chi connectivity index (χ0v) is 17.6. The first-order chi connectivity index (χ1) is 15.0. The number of ether oxygens (including phenoxy) is 4. The molecule has 1 amide bonds. The van der Waals surface area contributed by atoms with Crippen molar-refractivity contribution in [3.05, 3.63) is 64.5 Å². The molecule has 2 heterocycles. The van der Waals surface area contributed by atoms with Gasteiger partial charge < -0.3 is 18.9 Å². The van der Waals surface area contributed by atoms with Gasteiger partial charge in [0.05, 0.1) is 33.0 Å². The molecule has 1 atom stereocenters. The summed E-state index contributed by atoms with van der Waals surface area (Å²) in [6.07, 6.45) is -0.259. The van der Waals surface area contributed by atoms with E-state index in [4.69, 9.17) is 18.9 Å². The van der Waals surface area contributed by atoms with Crippen molar-refractivity contribution in [1.29, 1.82) is 0 Å². The second-order valence-electron chi connectivity index (χ2n) is 7.72. The van der Waals surface area contributed by atoms with Gasteiger partial charge in [0.1, 0.15) is 37.3 Å². The Kier molecular flexibility index (Phi) is 5.93. The molecule has 31 heavy (non-hydrogen) atoms. The van der Waals surface area contributed by atoms with Crippen LogP contribution in [0.5, 0.6) is 5.75 Å². The summed E-state index contributed by atoms with van der Waals surface area (Å²) in [6.45, 7) is 2.62. The van der Waals surface area contributed by atoms with Crippen molar-refractivity contribution < 1.29 is 37.4 Å². The lowest BCUT2D eigenvalue weighted by molar-refractivity contribution is -0.723. The molecular weight excluding hydrogens is 405 g/mol. The van der Waals surface area contributed by atoms with Crippen LogP contribution in [-0.2, 0) is 20.6 Å². The van der Waals surface area contributed by atoms with Crippen molar-refractivity contribution in [2.75, 3.05) is 47.1 Å². The van der Waals surface area contributed by atoms with Gasteiger partial charge >= 0.3 is 12.1 Å². The van der Waals surface area contributed by atoms with Crippen LogP contribution in [0, 0.1) is 5.82 Å². The maximum absolute atomic E-state index is 14.0. The molecule has 1 saturated heterocycles. The van der Waals surface area contributed by atoms with Crippen LogP contribution in [0.3, 0.4) is 0 Å². The second kappa shape index (κ2) is 8.64. The van der Waals surface area contributed by atoms with E-state index >= 15 is 0 Å². The Balaban J connectivity index is 1.67. The van der Waals surface area contributed by atoms with E-state index in [-0.39, 0.29) is 23.0 Å². The van der Waals surface area contributed by atoms with Gasteiger partial charge in [-0.05, 0) is 35.4 Å². The Labute approximate surface area is 179 Å². The number of esters is 1. The number of halogens is 1. The first kappa shape index (κ1) is 21.3. The number of fused-ring (bicyclic) bond motifs is 1. The molecule has 1 unspecified atom stereocenters. The molecule has 4 rings (SSSR count). The summed E-state index contributed by atoms with van der Waals surface area (Å²) in [6, 6.07) is 9.56. The fraction of sp³-hybridized carbons (Fsp3) is 0.391. The number of carbonyl (C=O) groups excluding carboxylic acids is 2. The summed E-state index contributed by atoms with van der Waals surface area (Å²) < 4.78 is 36.0. The lowest BCUT2D eigenvalue weighted by atomic mass is 9.93. The average Bonchev–Trinajstić information content (AvgIpc) is 3.42. The summed E-state index contributed by atoms with van der Waals surface area (Å²) in [5, 5.41) is 0. The number of rotatable bonds is 7. The third kappa shape index (κ3) is 4.26. The van der Waals surface area contributed by atoms with Crippen LogP contribution in [0.1, 0.15) is 33.2 Å². The monoisotopic (exact) mass is 430 g/mol. The highest BCUT2D eigenvalue weighted by Crippen LogP contribution is 2.38. The normalized spacial score (nSPS) is 16.7. The van der Waals surface area contributed by atoms with Crippen molar-refractivity contribution in [3.63, 3.8) is 0 Å². The smallest absolute Gasteiger partial charge is 0.493 e. The molecule has 7 nitrogen and oxygen atoms in total. The molecule has 1 fully saturated rings. The van der Waals surface area contributed by atoms with Crippen LogP contribution in [0.4, 0.5) is 9.18 Å². The number of hydrogen-bond donors (Lipinski definition) is 0. The third-order valence-electron chi connectivity index (χ3n) is 5.84. The average molecular weight is 430 g/mol. The molecule has 0 spiro atoms. The molecule has 164 valence electrons. The summed E-state index contributed by atoms with van der Waals surface area (Å²) in [5.41, 5.74) is 2.61. The molecule has 2 aromatic carbocycles. The highest BCUT2D eigenvalue weighted by molar-refractivity contribution is 5.90. The summed E-state index contributed by atoms with van der Waals surface area (Å²) in [7, 11) is 2.69. The topological polar surface area (TPSA) is 71.1 Å². The highest BCUT2D eigenvalue weighted by atomic mass is 19.1. The molecular formula is C23H25FNO6+. The lowest BCUT2D eigenvalue weighted by Crippen LogP contribution is -2.36. The van der Waals surface area contributed by atoms with Crippen LogP contribution >= 0.6 is 0 Å². The first-order valence-corrected chi connectivity index (χ1v) is 10.2. The summed E-state index contributed by atoms with van der Waals surface area (Å²) >= 11 is 0. The minimum atomic E-state index is -0.631. The number of amides is 1. The van der Waals surface area contributed by atoms with Gasteiger partial charge in [0, 0.05) is 12.0 Å². The number of hydrogen-bond acceptors (Lipinski definition) is 6. The standard InChI is InChI=1S/C23H25FNO6/c1-28-22(26)16-13-19(18-6-10-30-20(18)14-16)21(15-4-3-5-17(24)12-15)31-11-9-25(7-8-25)23(27)29-2/h3-5,12-14,21H,6-11H2,1-2H3/q+1. The van der Waals surface area contributed by atoms with Crippen molar-refractivity contribution in [1.82, 2.24) is 0 Å². The molecule has 0 radical (unpaired) electrons. The molecule has 0 N–H and O–H groups in total. The largest absolute Gasteiger partial charge is 0.516 e. The minimum absolute atomic E-state index is 0.218. The molecule has 0 bridgehead atoms. The fourth-order valence-corrected chi connectivity index (χ4v) is 3.99. The van der Waals surface area contributed by atoms with Crippen LogP contribution in [0.25, 0.3) is 0 Å². The number of carbonyl (C=O) groups is 2. The molecule has 8 heteroatoms. The molecule has 2 aromatic rings. The number of methoxy groups -OCH3 is 2. The van der Waals surface area contributed by atoms with Crippen molar-refractivity contribution in [3.8, 4) is 5.75 Å². The predicted octanol–water partition coefficient (Wildman–Crippen LogP) is 3.25. The van der Waals surface area contributed by atoms with Gasteiger partial charge in [-0.25, -0.2) is 13.7 Å². The van der Waals surface area contributed by atoms with Gasteiger partial charge in [0.15, 0.2) is 0 Å². The van der Waals surface area contributed by atoms with E-state index in [1.54, 1.807) is 24.3 Å². The van der Waals surface area contributed by atoms with Gasteiger partial charge in [-0.2, -0.15) is 4.79 Å². The lowest BCUT2D eigenvalue weighted by Gasteiger charge is -2.23. The van der Waals surface area contributed by atoms with Crippen molar-refractivity contribution >= 4 is 12.1 Å². The van der Waals surface area contributed by atoms with Crippen molar-refractivity contribution in [2.45, 2.75) is 12.5 Å². The number of benzene rings is 2. The van der Waals surface area contributed by atoms with Gasteiger partial charge in [-0.15, -0.1) is 0 Å². The number of quaternary nitrogens is 1. The maximum Gasteiger partial charge on any atom is 0.516 e. The van der Waals surface area contributed by atoms with Crippen LogP contribution in [0.2, 0.25) is 0 Å². The van der Waals surface area contributed by atoms with E-state index in [0.717, 1.165) is 11.1 Å². The summed E-state index contributed by atoms with van der Waals surface area (Å²) in [4.78, 5) is 24.2. The zero-order chi connectivity index (χ0) is 22.0. The van der Waals surface area contributed by atoms with Crippen LogP contribution in [-0.4, -0.2) is 63.6 Å². The van der Waals surface area contributed by atoms with Gasteiger partial charge in [0.2, 0.25) is 0 Å². The SMILES string of the molecule is COC(=O)c1cc2c(c(C(OCC[N+]3(C(=O)OC)CC3)c3cccc(F)c3)c1)CCO2. The summed E-state index contributed by atoms with van der Waals surface area (Å²) in [5.74, 6) is -0.268. The Bertz CT molecular complexity index is 1000. The van der Waals surface area contributed by atoms with E-state index in [2.05, 4.69) is 0 Å². The Hall–Kier alpha value is -2.97. The number of nitrogens with zero attached hydrogens (tertiary/aromatic N) is 1. The minimum Gasteiger partial charge on any atom is -0.493 e. The van der Waals surface area contributed by atoms with Gasteiger partial charge in [0.25, 0.3) is 0 Å². The van der Waals surface area contributed by atoms with E-state index in [1.165, 1.54) is 26.4 Å². The van der Waals surface area contributed by atoms with Crippen molar-refractivity contribution in [2.24, 2.45) is 0 Å². The predicted molar refractivity (Wildman–Crippen MR) is 108 cm³/mol. The van der Waals surface area contributed by atoms with E-state index in [1.807, 2.05) is 0 Å². The van der Waals surface area contributed by atoms with Gasteiger partial charge in [-0.1, -0.05) is 12.1 Å². The fourth-order valence-electron chi connectivity index (χ4n) is 3.99.